The first-order chi connectivity index (χ1) is 13.1. The van der Waals surface area contributed by atoms with E-state index >= 15 is 0 Å². The van der Waals surface area contributed by atoms with Gasteiger partial charge in [0, 0.05) is 29.2 Å². The first kappa shape index (κ1) is 18.7. The molecule has 27 heavy (non-hydrogen) atoms. The normalized spacial score (nSPS) is 10.3. The van der Waals surface area contributed by atoms with Crippen LogP contribution in [0, 0.1) is 5.82 Å². The Hall–Kier alpha value is -3.12. The predicted octanol–water partition coefficient (Wildman–Crippen LogP) is 4.71. The van der Waals surface area contributed by atoms with Crippen LogP contribution in [0.2, 0.25) is 5.02 Å². The number of hydrogen-bond acceptors (Lipinski definition) is 4. The zero-order valence-electron chi connectivity index (χ0n) is 14.4. The van der Waals surface area contributed by atoms with Gasteiger partial charge in [-0.2, -0.15) is 0 Å². The molecule has 0 aliphatic carbocycles. The van der Waals surface area contributed by atoms with Crippen molar-refractivity contribution in [2.75, 3.05) is 12.4 Å². The number of nitrogens with zero attached hydrogens (tertiary/aromatic N) is 1. The molecular weight excluding hydrogens is 371 g/mol. The highest BCUT2D eigenvalue weighted by Crippen LogP contribution is 2.31. The number of carbonyl (C=O) groups is 1. The molecule has 7 heteroatoms. The Morgan fingerprint density at radius 1 is 1.11 bits per heavy atom. The summed E-state index contributed by atoms with van der Waals surface area (Å²) in [4.78, 5) is 16.3. The third-order valence-electron chi connectivity index (χ3n) is 3.74. The van der Waals surface area contributed by atoms with Gasteiger partial charge in [0.2, 0.25) is 0 Å². The van der Waals surface area contributed by atoms with Crippen LogP contribution in [0.25, 0.3) is 0 Å². The van der Waals surface area contributed by atoms with Crippen LogP contribution in [0.3, 0.4) is 0 Å². The molecule has 0 aliphatic heterocycles. The van der Waals surface area contributed by atoms with Gasteiger partial charge in [0.25, 0.3) is 5.91 Å². The SMILES string of the molecule is COc1ccc(NC(=O)c2cc(Cl)ccc2F)cc1OCc1ccncc1. The lowest BCUT2D eigenvalue weighted by atomic mass is 10.2. The van der Waals surface area contributed by atoms with Crippen LogP contribution in [-0.2, 0) is 6.61 Å². The summed E-state index contributed by atoms with van der Waals surface area (Å²) in [6.45, 7) is 0.305. The lowest BCUT2D eigenvalue weighted by Crippen LogP contribution is -2.14. The van der Waals surface area contributed by atoms with Gasteiger partial charge in [-0.05, 0) is 48.0 Å². The number of halogens is 2. The maximum atomic E-state index is 13.9. The first-order valence-electron chi connectivity index (χ1n) is 8.03. The van der Waals surface area contributed by atoms with E-state index < -0.39 is 11.7 Å². The fraction of sp³-hybridized carbons (Fsp3) is 0.100. The van der Waals surface area contributed by atoms with Gasteiger partial charge < -0.3 is 14.8 Å². The number of pyridine rings is 1. The minimum Gasteiger partial charge on any atom is -0.493 e. The predicted molar refractivity (Wildman–Crippen MR) is 101 cm³/mol. The molecule has 3 aromatic rings. The van der Waals surface area contributed by atoms with E-state index in [9.17, 15) is 9.18 Å². The summed E-state index contributed by atoms with van der Waals surface area (Å²) in [5.74, 6) is -0.311. The molecule has 0 fully saturated rings. The molecule has 1 heterocycles. The number of benzene rings is 2. The molecule has 1 amide bonds. The fourth-order valence-corrected chi connectivity index (χ4v) is 2.55. The van der Waals surface area contributed by atoms with E-state index in [0.29, 0.717) is 23.8 Å². The average Bonchev–Trinajstić information content (AvgIpc) is 2.69. The van der Waals surface area contributed by atoms with Crippen LogP contribution >= 0.6 is 11.6 Å². The monoisotopic (exact) mass is 386 g/mol. The Bertz CT molecular complexity index is 951. The first-order valence-corrected chi connectivity index (χ1v) is 8.41. The molecule has 0 saturated carbocycles. The maximum absolute atomic E-state index is 13.9. The molecule has 0 saturated heterocycles. The van der Waals surface area contributed by atoms with Crippen molar-refractivity contribution in [3.8, 4) is 11.5 Å². The van der Waals surface area contributed by atoms with E-state index in [-0.39, 0.29) is 10.6 Å². The highest BCUT2D eigenvalue weighted by Gasteiger charge is 2.14. The van der Waals surface area contributed by atoms with Crippen molar-refractivity contribution in [3.63, 3.8) is 0 Å². The van der Waals surface area contributed by atoms with Crippen molar-refractivity contribution in [2.45, 2.75) is 6.61 Å². The largest absolute Gasteiger partial charge is 0.493 e. The van der Waals surface area contributed by atoms with Crippen LogP contribution in [0.1, 0.15) is 15.9 Å². The molecule has 0 bridgehead atoms. The molecule has 138 valence electrons. The minimum atomic E-state index is -0.653. The third-order valence-corrected chi connectivity index (χ3v) is 3.97. The van der Waals surface area contributed by atoms with Gasteiger partial charge in [-0.1, -0.05) is 11.6 Å². The van der Waals surface area contributed by atoms with Crippen molar-refractivity contribution in [1.29, 1.82) is 0 Å². The van der Waals surface area contributed by atoms with E-state index in [4.69, 9.17) is 21.1 Å². The summed E-state index contributed by atoms with van der Waals surface area (Å²) in [7, 11) is 1.52. The van der Waals surface area contributed by atoms with Crippen LogP contribution in [0.15, 0.2) is 60.9 Å². The molecule has 0 radical (unpaired) electrons. The zero-order valence-corrected chi connectivity index (χ0v) is 15.2. The van der Waals surface area contributed by atoms with Gasteiger partial charge in [0.05, 0.1) is 12.7 Å². The van der Waals surface area contributed by atoms with Crippen LogP contribution in [0.5, 0.6) is 11.5 Å². The summed E-state index contributed by atoms with van der Waals surface area (Å²) in [6, 6.07) is 12.4. The number of amides is 1. The topological polar surface area (TPSA) is 60.5 Å². The van der Waals surface area contributed by atoms with Crippen molar-refractivity contribution in [2.24, 2.45) is 0 Å². The van der Waals surface area contributed by atoms with Crippen molar-refractivity contribution in [1.82, 2.24) is 4.98 Å². The number of aromatic nitrogens is 1. The van der Waals surface area contributed by atoms with Crippen LogP contribution in [0.4, 0.5) is 10.1 Å². The molecule has 0 atom stereocenters. The van der Waals surface area contributed by atoms with Gasteiger partial charge >= 0.3 is 0 Å². The van der Waals surface area contributed by atoms with Crippen molar-refractivity contribution in [3.05, 3.63) is 82.9 Å². The lowest BCUT2D eigenvalue weighted by molar-refractivity contribution is 0.102. The molecule has 2 aromatic carbocycles. The highest BCUT2D eigenvalue weighted by molar-refractivity contribution is 6.31. The van der Waals surface area contributed by atoms with Gasteiger partial charge in [-0.3, -0.25) is 9.78 Å². The van der Waals surface area contributed by atoms with Crippen LogP contribution < -0.4 is 14.8 Å². The van der Waals surface area contributed by atoms with Crippen molar-refractivity contribution < 1.29 is 18.7 Å². The quantitative estimate of drug-likeness (QED) is 0.666. The maximum Gasteiger partial charge on any atom is 0.258 e. The summed E-state index contributed by atoms with van der Waals surface area (Å²) in [6.07, 6.45) is 3.35. The van der Waals surface area contributed by atoms with Gasteiger partial charge in [-0.15, -0.1) is 0 Å². The van der Waals surface area contributed by atoms with E-state index in [1.54, 1.807) is 30.6 Å². The number of methoxy groups -OCH3 is 1. The van der Waals surface area contributed by atoms with E-state index in [1.165, 1.54) is 19.2 Å². The average molecular weight is 387 g/mol. The van der Waals surface area contributed by atoms with Crippen LogP contribution in [-0.4, -0.2) is 18.0 Å². The zero-order chi connectivity index (χ0) is 19.2. The van der Waals surface area contributed by atoms with Crippen molar-refractivity contribution >= 4 is 23.2 Å². The molecule has 1 N–H and O–H groups in total. The van der Waals surface area contributed by atoms with Gasteiger partial charge in [0.15, 0.2) is 11.5 Å². The number of nitrogens with one attached hydrogen (secondary N) is 1. The second kappa shape index (κ2) is 8.51. The lowest BCUT2D eigenvalue weighted by Gasteiger charge is -2.13. The summed E-state index contributed by atoms with van der Waals surface area (Å²) < 4.78 is 24.9. The molecule has 0 aliphatic rings. The summed E-state index contributed by atoms with van der Waals surface area (Å²) >= 11 is 5.84. The Morgan fingerprint density at radius 2 is 1.89 bits per heavy atom. The number of rotatable bonds is 6. The summed E-state index contributed by atoms with van der Waals surface area (Å²) in [5, 5.41) is 2.91. The molecule has 0 unspecified atom stereocenters. The van der Waals surface area contributed by atoms with E-state index in [0.717, 1.165) is 11.6 Å². The minimum absolute atomic E-state index is 0.141. The number of carbonyl (C=O) groups excluding carboxylic acids is 1. The van der Waals surface area contributed by atoms with Gasteiger partial charge in [0.1, 0.15) is 12.4 Å². The Kier molecular flexibility index (Phi) is 5.88. The molecular formula is C20H16ClFN2O3. The number of ether oxygens (including phenoxy) is 2. The highest BCUT2D eigenvalue weighted by atomic mass is 35.5. The smallest absolute Gasteiger partial charge is 0.258 e. The Labute approximate surface area is 160 Å². The summed E-state index contributed by atoms with van der Waals surface area (Å²) in [5.41, 5.74) is 1.23. The number of hydrogen-bond donors (Lipinski definition) is 1. The Balaban J connectivity index is 1.78. The van der Waals surface area contributed by atoms with E-state index in [1.807, 2.05) is 12.1 Å². The van der Waals surface area contributed by atoms with Gasteiger partial charge in [-0.25, -0.2) is 4.39 Å². The molecule has 5 nitrogen and oxygen atoms in total. The fourth-order valence-electron chi connectivity index (χ4n) is 2.38. The molecule has 0 spiro atoms. The standard InChI is InChI=1S/C20H16ClFN2O3/c1-26-18-5-3-15(11-19(18)27-12-13-6-8-23-9-7-13)24-20(25)16-10-14(21)2-4-17(16)22/h2-11H,12H2,1H3,(H,24,25). The second-order valence-electron chi connectivity index (χ2n) is 5.59. The second-order valence-corrected chi connectivity index (χ2v) is 6.02. The molecule has 3 rings (SSSR count). The number of anilines is 1. The Morgan fingerprint density at radius 3 is 2.63 bits per heavy atom. The third kappa shape index (κ3) is 4.74. The van der Waals surface area contributed by atoms with E-state index in [2.05, 4.69) is 10.3 Å². The molecule has 1 aromatic heterocycles.